The van der Waals surface area contributed by atoms with Crippen LogP contribution in [0, 0.1) is 0 Å². The summed E-state index contributed by atoms with van der Waals surface area (Å²) in [4.78, 5) is 25.6. The number of H-pyrrole nitrogens is 1. The fourth-order valence-corrected chi connectivity index (χ4v) is 2.37. The summed E-state index contributed by atoms with van der Waals surface area (Å²) >= 11 is 1.08. The van der Waals surface area contributed by atoms with E-state index in [1.165, 1.54) is 0 Å². The summed E-state index contributed by atoms with van der Waals surface area (Å²) < 4.78 is 0. The Kier molecular flexibility index (Phi) is 4.48. The maximum atomic E-state index is 12.1. The summed E-state index contributed by atoms with van der Waals surface area (Å²) in [5.74, 6) is -0.507. The van der Waals surface area contributed by atoms with E-state index in [1.54, 1.807) is 5.38 Å². The molecule has 1 unspecified atom stereocenters. The Bertz CT molecular complexity index is 591. The molecule has 1 heterocycles. The Balaban J connectivity index is 2.00. The second-order valence-corrected chi connectivity index (χ2v) is 4.93. The Morgan fingerprint density at radius 3 is 2.68 bits per heavy atom. The van der Waals surface area contributed by atoms with Crippen molar-refractivity contribution >= 4 is 17.2 Å². The topological polar surface area (TPSA) is 88.0 Å². The molecular weight excluding hydrogens is 262 g/mol. The van der Waals surface area contributed by atoms with Gasteiger partial charge in [-0.25, -0.2) is 0 Å². The maximum Gasteiger partial charge on any atom is 0.304 e. The van der Waals surface area contributed by atoms with Crippen molar-refractivity contribution in [3.63, 3.8) is 0 Å². The van der Waals surface area contributed by atoms with Crippen LogP contribution in [0.4, 0.5) is 0 Å². The summed E-state index contributed by atoms with van der Waals surface area (Å²) in [6.45, 7) is 0.552. The molecule has 2 aromatic rings. The first kappa shape index (κ1) is 13.5. The number of rotatable bonds is 5. The van der Waals surface area contributed by atoms with E-state index in [0.717, 1.165) is 16.9 Å². The molecule has 1 amide bonds. The third-order valence-electron chi connectivity index (χ3n) is 2.78. The van der Waals surface area contributed by atoms with Gasteiger partial charge in [-0.2, -0.15) is 0 Å². The molecule has 6 heteroatoms. The van der Waals surface area contributed by atoms with Crippen molar-refractivity contribution < 1.29 is 4.79 Å². The van der Waals surface area contributed by atoms with Gasteiger partial charge in [0.1, 0.15) is 0 Å². The molecule has 1 atom stereocenters. The lowest BCUT2D eigenvalue weighted by Gasteiger charge is -2.14. The molecule has 100 valence electrons. The molecule has 0 spiro atoms. The molecule has 0 fully saturated rings. The van der Waals surface area contributed by atoms with E-state index >= 15 is 0 Å². The van der Waals surface area contributed by atoms with Crippen LogP contribution in [0.1, 0.15) is 17.2 Å². The number of carbonyl (C=O) groups is 1. The van der Waals surface area contributed by atoms with E-state index in [1.807, 2.05) is 30.3 Å². The van der Waals surface area contributed by atoms with Crippen LogP contribution in [-0.2, 0) is 11.3 Å². The molecule has 19 heavy (non-hydrogen) atoms. The molecule has 0 aliphatic carbocycles. The largest absolute Gasteiger partial charge is 0.350 e. The summed E-state index contributed by atoms with van der Waals surface area (Å²) in [7, 11) is 0. The summed E-state index contributed by atoms with van der Waals surface area (Å²) in [5, 5.41) is 4.48. The fraction of sp³-hybridized carbons (Fsp3) is 0.231. The van der Waals surface area contributed by atoms with Gasteiger partial charge in [-0.05, 0) is 5.56 Å². The Labute approximate surface area is 114 Å². The Morgan fingerprint density at radius 1 is 1.37 bits per heavy atom. The summed E-state index contributed by atoms with van der Waals surface area (Å²) in [6.07, 6.45) is 0. The minimum Gasteiger partial charge on any atom is -0.350 e. The number of aromatic amines is 1. The standard InChI is InChI=1S/C13H15N3O2S/c14-6-11(9-4-2-1-3-5-9)12(17)15-7-10-8-19-13(18)16-10/h1-5,8,11H,6-7,14H2,(H,15,17)(H,16,18). The van der Waals surface area contributed by atoms with Crippen LogP contribution >= 0.6 is 11.3 Å². The van der Waals surface area contributed by atoms with Gasteiger partial charge >= 0.3 is 4.87 Å². The average Bonchev–Trinajstić information content (AvgIpc) is 2.84. The molecule has 0 aliphatic heterocycles. The number of hydrogen-bond acceptors (Lipinski definition) is 4. The van der Waals surface area contributed by atoms with Gasteiger partial charge in [0.05, 0.1) is 12.5 Å². The minimum absolute atomic E-state index is 0.123. The molecule has 1 aromatic heterocycles. The van der Waals surface area contributed by atoms with E-state index in [2.05, 4.69) is 10.3 Å². The van der Waals surface area contributed by atoms with Gasteiger partial charge < -0.3 is 16.0 Å². The zero-order chi connectivity index (χ0) is 13.7. The van der Waals surface area contributed by atoms with Gasteiger partial charge in [0, 0.05) is 17.6 Å². The highest BCUT2D eigenvalue weighted by atomic mass is 32.1. The fourth-order valence-electron chi connectivity index (χ4n) is 1.79. The van der Waals surface area contributed by atoms with Crippen LogP contribution < -0.4 is 15.9 Å². The van der Waals surface area contributed by atoms with E-state index in [-0.39, 0.29) is 23.2 Å². The number of amides is 1. The van der Waals surface area contributed by atoms with Crippen LogP contribution in [0.25, 0.3) is 0 Å². The molecule has 0 saturated carbocycles. The SMILES string of the molecule is NCC(C(=O)NCc1csc(=O)[nH]1)c1ccccc1. The van der Waals surface area contributed by atoms with Crippen LogP contribution in [0.3, 0.4) is 0 Å². The highest BCUT2D eigenvalue weighted by Crippen LogP contribution is 2.14. The van der Waals surface area contributed by atoms with E-state index in [4.69, 9.17) is 5.73 Å². The molecule has 4 N–H and O–H groups in total. The van der Waals surface area contributed by atoms with Crippen molar-refractivity contribution in [2.24, 2.45) is 5.73 Å². The van der Waals surface area contributed by atoms with E-state index in [0.29, 0.717) is 12.2 Å². The summed E-state index contributed by atoms with van der Waals surface area (Å²) in [6, 6.07) is 9.40. The minimum atomic E-state index is -0.369. The number of thiazole rings is 1. The Hall–Kier alpha value is -1.92. The third-order valence-corrected chi connectivity index (χ3v) is 3.50. The number of hydrogen-bond donors (Lipinski definition) is 3. The van der Waals surface area contributed by atoms with Crippen molar-refractivity contribution in [2.45, 2.75) is 12.5 Å². The zero-order valence-corrected chi connectivity index (χ0v) is 11.1. The first-order valence-electron chi connectivity index (χ1n) is 5.90. The molecule has 0 aliphatic rings. The van der Waals surface area contributed by atoms with Crippen LogP contribution in [0.5, 0.6) is 0 Å². The summed E-state index contributed by atoms with van der Waals surface area (Å²) in [5.41, 5.74) is 7.25. The highest BCUT2D eigenvalue weighted by Gasteiger charge is 2.18. The lowest BCUT2D eigenvalue weighted by atomic mass is 9.98. The predicted octanol–water partition coefficient (Wildman–Crippen LogP) is 0.795. The van der Waals surface area contributed by atoms with Gasteiger partial charge in [-0.1, -0.05) is 41.7 Å². The van der Waals surface area contributed by atoms with Crippen LogP contribution in [0.15, 0.2) is 40.5 Å². The molecule has 2 rings (SSSR count). The lowest BCUT2D eigenvalue weighted by molar-refractivity contribution is -0.122. The van der Waals surface area contributed by atoms with Crippen molar-refractivity contribution in [1.82, 2.24) is 10.3 Å². The second kappa shape index (κ2) is 6.31. The van der Waals surface area contributed by atoms with Crippen molar-refractivity contribution in [2.75, 3.05) is 6.54 Å². The number of aromatic nitrogens is 1. The molecule has 0 saturated heterocycles. The van der Waals surface area contributed by atoms with Crippen LogP contribution in [-0.4, -0.2) is 17.4 Å². The van der Waals surface area contributed by atoms with E-state index in [9.17, 15) is 9.59 Å². The van der Waals surface area contributed by atoms with Crippen molar-refractivity contribution in [3.8, 4) is 0 Å². The van der Waals surface area contributed by atoms with Crippen molar-refractivity contribution in [1.29, 1.82) is 0 Å². The molecular formula is C13H15N3O2S. The highest BCUT2D eigenvalue weighted by molar-refractivity contribution is 7.07. The molecule has 0 bridgehead atoms. The molecule has 0 radical (unpaired) electrons. The first-order valence-corrected chi connectivity index (χ1v) is 6.78. The van der Waals surface area contributed by atoms with Crippen LogP contribution in [0.2, 0.25) is 0 Å². The smallest absolute Gasteiger partial charge is 0.304 e. The predicted molar refractivity (Wildman–Crippen MR) is 75.0 cm³/mol. The maximum absolute atomic E-state index is 12.1. The molecule has 1 aromatic carbocycles. The monoisotopic (exact) mass is 277 g/mol. The number of carbonyl (C=O) groups excluding carboxylic acids is 1. The average molecular weight is 277 g/mol. The van der Waals surface area contributed by atoms with Gasteiger partial charge in [0.25, 0.3) is 0 Å². The van der Waals surface area contributed by atoms with Gasteiger partial charge in [0.2, 0.25) is 5.91 Å². The van der Waals surface area contributed by atoms with Gasteiger partial charge in [-0.3, -0.25) is 9.59 Å². The lowest BCUT2D eigenvalue weighted by Crippen LogP contribution is -2.33. The first-order chi connectivity index (χ1) is 9.20. The number of nitrogens with one attached hydrogen (secondary N) is 2. The molecule has 5 nitrogen and oxygen atoms in total. The number of benzene rings is 1. The van der Waals surface area contributed by atoms with Crippen molar-refractivity contribution in [3.05, 3.63) is 56.6 Å². The quantitative estimate of drug-likeness (QED) is 0.755. The van der Waals surface area contributed by atoms with Gasteiger partial charge in [-0.15, -0.1) is 0 Å². The zero-order valence-electron chi connectivity index (χ0n) is 10.3. The van der Waals surface area contributed by atoms with E-state index < -0.39 is 0 Å². The van der Waals surface area contributed by atoms with Gasteiger partial charge in [0.15, 0.2) is 0 Å². The second-order valence-electron chi connectivity index (χ2n) is 4.09. The number of nitrogens with two attached hydrogens (primary N) is 1. The Morgan fingerprint density at radius 2 is 2.11 bits per heavy atom. The third kappa shape index (κ3) is 3.52. The normalized spacial score (nSPS) is 12.1.